The van der Waals surface area contributed by atoms with E-state index in [4.69, 9.17) is 19.0 Å². The molecule has 9 heteroatoms. The Morgan fingerprint density at radius 3 is 2.18 bits per heavy atom. The lowest BCUT2D eigenvalue weighted by Crippen LogP contribution is -2.36. The number of hydrogen-bond acceptors (Lipinski definition) is 6. The minimum absolute atomic E-state index is 0.0545. The van der Waals surface area contributed by atoms with Crippen molar-refractivity contribution in [2.45, 2.75) is 51.2 Å². The number of ether oxygens (including phenoxy) is 3. The molecule has 6 rings (SSSR count). The molecule has 45 heavy (non-hydrogen) atoms. The zero-order chi connectivity index (χ0) is 31.4. The van der Waals surface area contributed by atoms with E-state index in [1.54, 1.807) is 0 Å². The second-order valence-corrected chi connectivity index (χ2v) is 18.1. The van der Waals surface area contributed by atoms with E-state index in [0.717, 1.165) is 40.1 Å². The third kappa shape index (κ3) is 6.60. The molecule has 1 N–H and O–H groups in total. The number of anilines is 1. The summed E-state index contributed by atoms with van der Waals surface area (Å²) in [4.78, 5) is 19.9. The maximum atomic E-state index is 12.5. The summed E-state index contributed by atoms with van der Waals surface area (Å²) in [6, 6.07) is 32.9. The highest BCUT2D eigenvalue weighted by molar-refractivity contribution is 6.76. The van der Waals surface area contributed by atoms with Crippen molar-refractivity contribution >= 4 is 30.7 Å². The van der Waals surface area contributed by atoms with E-state index in [9.17, 15) is 4.79 Å². The molecular formula is C36H39N3O5Si. The molecule has 0 fully saturated rings. The topological polar surface area (TPSA) is 83.8 Å². The van der Waals surface area contributed by atoms with E-state index in [1.165, 1.54) is 4.85 Å². The number of benzene rings is 4. The summed E-state index contributed by atoms with van der Waals surface area (Å²) in [7, 11) is -1.22. The molecule has 5 aromatic rings. The first-order chi connectivity index (χ1) is 21.8. The normalized spacial score (nSPS) is 13.6. The smallest absolute Gasteiger partial charge is 0.305 e. The van der Waals surface area contributed by atoms with Gasteiger partial charge in [-0.1, -0.05) is 104 Å². The van der Waals surface area contributed by atoms with Gasteiger partial charge in [-0.2, -0.15) is 0 Å². The van der Waals surface area contributed by atoms with Crippen molar-refractivity contribution in [1.82, 2.24) is 9.94 Å². The zero-order valence-corrected chi connectivity index (χ0v) is 27.2. The predicted molar refractivity (Wildman–Crippen MR) is 179 cm³/mol. The van der Waals surface area contributed by atoms with Gasteiger partial charge in [0, 0.05) is 37.6 Å². The average molecular weight is 622 g/mol. The molecule has 1 amide bonds. The molecule has 0 atom stereocenters. The first kappa shape index (κ1) is 30.4. The van der Waals surface area contributed by atoms with Crippen LogP contribution < -0.4 is 19.6 Å². The summed E-state index contributed by atoms with van der Waals surface area (Å²) in [5.74, 6) is 0.584. The van der Waals surface area contributed by atoms with Crippen LogP contribution in [-0.2, 0) is 15.3 Å². The second kappa shape index (κ2) is 12.8. The number of carbonyl (C=O) groups excluding carboxylic acids is 1. The van der Waals surface area contributed by atoms with Crippen molar-refractivity contribution in [3.05, 3.63) is 108 Å². The van der Waals surface area contributed by atoms with Crippen LogP contribution in [0.3, 0.4) is 0 Å². The number of aromatic nitrogens is 2. The van der Waals surface area contributed by atoms with E-state index in [0.29, 0.717) is 35.9 Å². The lowest BCUT2D eigenvalue weighted by Gasteiger charge is -2.28. The number of amides is 1. The van der Waals surface area contributed by atoms with Gasteiger partial charge in [0.05, 0.1) is 0 Å². The molecule has 232 valence electrons. The van der Waals surface area contributed by atoms with Gasteiger partial charge in [-0.25, -0.2) is 0 Å². The molecule has 0 saturated heterocycles. The highest BCUT2D eigenvalue weighted by Crippen LogP contribution is 2.49. The van der Waals surface area contributed by atoms with Gasteiger partial charge in [0.15, 0.2) is 17.3 Å². The van der Waals surface area contributed by atoms with Crippen LogP contribution in [0.5, 0.6) is 11.5 Å². The van der Waals surface area contributed by atoms with Gasteiger partial charge in [0.2, 0.25) is 12.7 Å². The molecule has 2 heterocycles. The summed E-state index contributed by atoms with van der Waals surface area (Å²) in [6.07, 6.45) is 1.16. The molecule has 1 aromatic heterocycles. The zero-order valence-electron chi connectivity index (χ0n) is 26.2. The molecule has 0 saturated carbocycles. The van der Waals surface area contributed by atoms with Crippen LogP contribution in [0.25, 0.3) is 22.0 Å². The fraction of sp³-hybridized carbons (Fsp3) is 0.278. The monoisotopic (exact) mass is 621 g/mol. The number of hydrogen-bond donors (Lipinski definition) is 1. The average Bonchev–Trinajstić information content (AvgIpc) is 3.60. The van der Waals surface area contributed by atoms with Crippen LogP contribution >= 0.6 is 0 Å². The fourth-order valence-electron chi connectivity index (χ4n) is 5.30. The molecular weight excluding hydrogens is 582 g/mol. The van der Waals surface area contributed by atoms with Crippen molar-refractivity contribution in [3.8, 4) is 22.6 Å². The molecule has 0 aliphatic carbocycles. The Morgan fingerprint density at radius 2 is 1.51 bits per heavy atom. The lowest BCUT2D eigenvalue weighted by atomic mass is 9.97. The van der Waals surface area contributed by atoms with Crippen LogP contribution in [-0.4, -0.2) is 37.3 Å². The third-order valence-corrected chi connectivity index (χ3v) is 9.44. The van der Waals surface area contributed by atoms with Crippen LogP contribution in [0.15, 0.2) is 97.1 Å². The van der Waals surface area contributed by atoms with Gasteiger partial charge < -0.3 is 24.4 Å². The van der Waals surface area contributed by atoms with Crippen LogP contribution in [0.2, 0.25) is 25.7 Å². The molecule has 0 unspecified atom stereocenters. The lowest BCUT2D eigenvalue weighted by molar-refractivity contribution is -0.116. The first-order valence-electron chi connectivity index (χ1n) is 15.4. The fourth-order valence-corrected chi connectivity index (χ4v) is 6.06. The maximum Gasteiger partial charge on any atom is 0.305 e. The summed E-state index contributed by atoms with van der Waals surface area (Å²) in [6.45, 7) is 9.59. The van der Waals surface area contributed by atoms with E-state index in [-0.39, 0.29) is 12.7 Å². The quantitative estimate of drug-likeness (QED) is 0.0868. The maximum absolute atomic E-state index is 12.5. The molecule has 0 spiro atoms. The standard InChI is InChI=1S/C36H39N3O5Si/c1-5-12-34(40)37-35-30-19-17-26(23-31(30)39(38-35)42-25-41-21-22-45(2,3)4)27-18-20-32-33(24-27)44-36(43-32,28-13-8-6-9-14-28)29-15-10-7-11-16-29/h6-11,13-20,23-24H,5,12,21-22,25H2,1-4H3,(H,37,38,40). The van der Waals surface area contributed by atoms with Gasteiger partial charge in [-0.05, 0) is 47.9 Å². The molecule has 1 aliphatic rings. The Morgan fingerprint density at radius 1 is 0.867 bits per heavy atom. The number of fused-ring (bicyclic) bond motifs is 2. The predicted octanol–water partition coefficient (Wildman–Crippen LogP) is 7.86. The van der Waals surface area contributed by atoms with Crippen LogP contribution in [0.4, 0.5) is 5.82 Å². The molecule has 0 bridgehead atoms. The highest BCUT2D eigenvalue weighted by Gasteiger charge is 2.45. The van der Waals surface area contributed by atoms with E-state index >= 15 is 0 Å². The Hall–Kier alpha value is -4.60. The number of nitrogens with one attached hydrogen (secondary N) is 1. The molecule has 1 aliphatic heterocycles. The molecule has 4 aromatic carbocycles. The Kier molecular flexibility index (Phi) is 8.65. The Bertz CT molecular complexity index is 1740. The second-order valence-electron chi connectivity index (χ2n) is 12.4. The van der Waals surface area contributed by atoms with Crippen molar-refractivity contribution < 1.29 is 23.8 Å². The van der Waals surface area contributed by atoms with E-state index in [1.807, 2.05) is 104 Å². The van der Waals surface area contributed by atoms with E-state index < -0.39 is 13.9 Å². The number of carbonyl (C=O) groups is 1. The third-order valence-electron chi connectivity index (χ3n) is 7.73. The van der Waals surface area contributed by atoms with Gasteiger partial charge in [0.1, 0.15) is 5.52 Å². The minimum Gasteiger partial charge on any atom is -0.440 e. The van der Waals surface area contributed by atoms with Gasteiger partial charge >= 0.3 is 5.79 Å². The summed E-state index contributed by atoms with van der Waals surface area (Å²) < 4.78 is 19.1. The van der Waals surface area contributed by atoms with Crippen molar-refractivity contribution in [2.24, 2.45) is 0 Å². The molecule has 0 radical (unpaired) electrons. The Labute approximate surface area is 264 Å². The highest BCUT2D eigenvalue weighted by atomic mass is 28.3. The number of nitrogens with zero attached hydrogens (tertiary/aromatic N) is 2. The number of rotatable bonds is 12. The largest absolute Gasteiger partial charge is 0.440 e. The van der Waals surface area contributed by atoms with Crippen molar-refractivity contribution in [2.75, 3.05) is 18.7 Å². The Balaban J connectivity index is 1.31. The van der Waals surface area contributed by atoms with Crippen molar-refractivity contribution in [3.63, 3.8) is 0 Å². The minimum atomic E-state index is -1.22. The SMILES string of the molecule is CCCC(=O)Nc1nn(OCOCC[Si](C)(C)C)c2cc(-c3ccc4c(c3)OC(c3ccccc3)(c3ccccc3)O4)ccc12. The van der Waals surface area contributed by atoms with Gasteiger partial charge in [-0.15, -0.1) is 5.10 Å². The van der Waals surface area contributed by atoms with Crippen LogP contribution in [0.1, 0.15) is 30.9 Å². The van der Waals surface area contributed by atoms with Gasteiger partial charge in [0.25, 0.3) is 0 Å². The van der Waals surface area contributed by atoms with Gasteiger partial charge in [-0.3, -0.25) is 4.79 Å². The van der Waals surface area contributed by atoms with E-state index in [2.05, 4.69) is 30.1 Å². The summed E-state index contributed by atoms with van der Waals surface area (Å²) in [5, 5.41) is 8.30. The van der Waals surface area contributed by atoms with Crippen LogP contribution in [0, 0.1) is 0 Å². The summed E-state index contributed by atoms with van der Waals surface area (Å²) >= 11 is 0. The summed E-state index contributed by atoms with van der Waals surface area (Å²) in [5.41, 5.74) is 4.39. The van der Waals surface area contributed by atoms with Crippen molar-refractivity contribution in [1.29, 1.82) is 0 Å². The molecule has 8 nitrogen and oxygen atoms in total. The first-order valence-corrected chi connectivity index (χ1v) is 19.1.